The quantitative estimate of drug-likeness (QED) is 0.837. The van der Waals surface area contributed by atoms with Gasteiger partial charge in [-0.1, -0.05) is 30.3 Å². The number of ether oxygens (including phenoxy) is 1. The third-order valence-electron chi connectivity index (χ3n) is 2.57. The lowest BCUT2D eigenvalue weighted by molar-refractivity contribution is 0.0233. The number of carbonyl (C=O) groups is 1. The van der Waals surface area contributed by atoms with Crippen molar-refractivity contribution >= 4 is 5.91 Å². The number of amides is 1. The Morgan fingerprint density at radius 3 is 2.63 bits per heavy atom. The molecule has 1 amide bonds. The summed E-state index contributed by atoms with van der Waals surface area (Å²) in [5, 5.41) is 0. The number of hydrogen-bond donors (Lipinski definition) is 1. The Morgan fingerprint density at radius 2 is 1.89 bits per heavy atom. The van der Waals surface area contributed by atoms with Gasteiger partial charge >= 0.3 is 0 Å². The van der Waals surface area contributed by atoms with Gasteiger partial charge in [-0.15, -0.1) is 0 Å². The molecule has 0 heterocycles. The first kappa shape index (κ1) is 13.1. The maximum atomic E-state index is 11.7. The molecule has 0 aliphatic carbocycles. The van der Waals surface area contributed by atoms with E-state index in [4.69, 9.17) is 9.57 Å². The molecule has 98 valence electrons. The SMILES string of the molecule is COc1cccc(CONC(=O)c2ccccc2)c1. The first-order valence-corrected chi connectivity index (χ1v) is 5.89. The summed E-state index contributed by atoms with van der Waals surface area (Å²) < 4.78 is 5.11. The monoisotopic (exact) mass is 257 g/mol. The van der Waals surface area contributed by atoms with Crippen molar-refractivity contribution in [1.29, 1.82) is 0 Å². The minimum atomic E-state index is -0.261. The normalized spacial score (nSPS) is 9.95. The van der Waals surface area contributed by atoms with E-state index in [1.165, 1.54) is 0 Å². The van der Waals surface area contributed by atoms with Crippen LogP contribution in [-0.2, 0) is 11.4 Å². The third kappa shape index (κ3) is 3.82. The molecule has 0 aromatic heterocycles. The van der Waals surface area contributed by atoms with Crippen LogP contribution < -0.4 is 10.2 Å². The fourth-order valence-corrected chi connectivity index (χ4v) is 1.60. The van der Waals surface area contributed by atoms with E-state index in [1.54, 1.807) is 31.4 Å². The maximum absolute atomic E-state index is 11.7. The third-order valence-corrected chi connectivity index (χ3v) is 2.57. The topological polar surface area (TPSA) is 47.6 Å². The molecule has 4 heteroatoms. The number of hydrogen-bond acceptors (Lipinski definition) is 3. The van der Waals surface area contributed by atoms with Gasteiger partial charge in [-0.3, -0.25) is 9.63 Å². The molecule has 0 spiro atoms. The van der Waals surface area contributed by atoms with Gasteiger partial charge < -0.3 is 4.74 Å². The zero-order chi connectivity index (χ0) is 13.5. The van der Waals surface area contributed by atoms with Gasteiger partial charge in [0.25, 0.3) is 5.91 Å². The van der Waals surface area contributed by atoms with E-state index in [0.717, 1.165) is 11.3 Å². The van der Waals surface area contributed by atoms with Crippen LogP contribution >= 0.6 is 0 Å². The molecular formula is C15H15NO3. The average molecular weight is 257 g/mol. The summed E-state index contributed by atoms with van der Waals surface area (Å²) in [7, 11) is 1.61. The Hall–Kier alpha value is -2.33. The molecule has 0 fully saturated rings. The zero-order valence-electron chi connectivity index (χ0n) is 10.6. The standard InChI is InChI=1S/C15H15NO3/c1-18-14-9-5-6-12(10-14)11-19-16-15(17)13-7-3-2-4-8-13/h2-10H,11H2,1H3,(H,16,17). The molecule has 0 atom stereocenters. The number of hydroxylamine groups is 1. The summed E-state index contributed by atoms with van der Waals surface area (Å²) in [6.45, 7) is 0.287. The molecule has 0 saturated heterocycles. The van der Waals surface area contributed by atoms with Gasteiger partial charge in [-0.25, -0.2) is 5.48 Å². The lowest BCUT2D eigenvalue weighted by Crippen LogP contribution is -2.23. The van der Waals surface area contributed by atoms with Gasteiger partial charge in [0.1, 0.15) is 5.75 Å². The maximum Gasteiger partial charge on any atom is 0.274 e. The number of nitrogens with one attached hydrogen (secondary N) is 1. The fourth-order valence-electron chi connectivity index (χ4n) is 1.60. The highest BCUT2D eigenvalue weighted by atomic mass is 16.6. The predicted molar refractivity (Wildman–Crippen MR) is 71.7 cm³/mol. The molecule has 0 aliphatic rings. The smallest absolute Gasteiger partial charge is 0.274 e. The Balaban J connectivity index is 1.85. The van der Waals surface area contributed by atoms with Crippen molar-refractivity contribution in [2.75, 3.05) is 7.11 Å². The van der Waals surface area contributed by atoms with Crippen LogP contribution in [0.2, 0.25) is 0 Å². The molecule has 2 aromatic carbocycles. The Morgan fingerprint density at radius 1 is 1.11 bits per heavy atom. The minimum Gasteiger partial charge on any atom is -0.497 e. The van der Waals surface area contributed by atoms with Gasteiger partial charge in [0.2, 0.25) is 0 Å². The summed E-state index contributed by atoms with van der Waals surface area (Å²) in [6.07, 6.45) is 0. The summed E-state index contributed by atoms with van der Waals surface area (Å²) >= 11 is 0. The highest BCUT2D eigenvalue weighted by molar-refractivity contribution is 5.93. The lowest BCUT2D eigenvalue weighted by Gasteiger charge is -2.07. The largest absolute Gasteiger partial charge is 0.497 e. The van der Waals surface area contributed by atoms with Crippen LogP contribution in [0.5, 0.6) is 5.75 Å². The van der Waals surface area contributed by atoms with E-state index in [2.05, 4.69) is 5.48 Å². The number of methoxy groups -OCH3 is 1. The van der Waals surface area contributed by atoms with Crippen LogP contribution in [0.3, 0.4) is 0 Å². The summed E-state index contributed by atoms with van der Waals surface area (Å²) in [5.41, 5.74) is 3.89. The van der Waals surface area contributed by atoms with Crippen LogP contribution in [0.1, 0.15) is 15.9 Å². The zero-order valence-corrected chi connectivity index (χ0v) is 10.6. The van der Waals surface area contributed by atoms with Crippen LogP contribution in [0.4, 0.5) is 0 Å². The van der Waals surface area contributed by atoms with Crippen LogP contribution in [0.15, 0.2) is 54.6 Å². The van der Waals surface area contributed by atoms with Crippen molar-refractivity contribution in [2.45, 2.75) is 6.61 Å². The number of rotatable bonds is 5. The molecule has 2 rings (SSSR count). The van der Waals surface area contributed by atoms with E-state index >= 15 is 0 Å². The van der Waals surface area contributed by atoms with Crippen LogP contribution in [0, 0.1) is 0 Å². The van der Waals surface area contributed by atoms with E-state index in [9.17, 15) is 4.79 Å². The van der Waals surface area contributed by atoms with Crippen LogP contribution in [0.25, 0.3) is 0 Å². The van der Waals surface area contributed by atoms with Crippen molar-refractivity contribution in [2.24, 2.45) is 0 Å². The molecule has 4 nitrogen and oxygen atoms in total. The van der Waals surface area contributed by atoms with Gasteiger partial charge in [-0.05, 0) is 29.8 Å². The predicted octanol–water partition coefficient (Wildman–Crippen LogP) is 2.56. The molecular weight excluding hydrogens is 242 g/mol. The summed E-state index contributed by atoms with van der Waals surface area (Å²) in [6, 6.07) is 16.4. The average Bonchev–Trinajstić information content (AvgIpc) is 2.48. The number of benzene rings is 2. The van der Waals surface area contributed by atoms with Crippen molar-refractivity contribution in [3.8, 4) is 5.75 Å². The van der Waals surface area contributed by atoms with Crippen LogP contribution in [-0.4, -0.2) is 13.0 Å². The van der Waals surface area contributed by atoms with E-state index in [1.807, 2.05) is 30.3 Å². The number of carbonyl (C=O) groups excluding carboxylic acids is 1. The van der Waals surface area contributed by atoms with Gasteiger partial charge in [-0.2, -0.15) is 0 Å². The van der Waals surface area contributed by atoms with Crippen molar-refractivity contribution in [3.63, 3.8) is 0 Å². The molecule has 0 unspecified atom stereocenters. The van der Waals surface area contributed by atoms with E-state index in [0.29, 0.717) is 5.56 Å². The van der Waals surface area contributed by atoms with Gasteiger partial charge in [0.05, 0.1) is 13.7 Å². The van der Waals surface area contributed by atoms with E-state index in [-0.39, 0.29) is 12.5 Å². The molecule has 0 saturated carbocycles. The second-order valence-electron chi connectivity index (χ2n) is 3.94. The van der Waals surface area contributed by atoms with Crippen molar-refractivity contribution in [1.82, 2.24) is 5.48 Å². The minimum absolute atomic E-state index is 0.261. The summed E-state index contributed by atoms with van der Waals surface area (Å²) in [4.78, 5) is 16.9. The Labute approximate surface area is 111 Å². The molecule has 0 radical (unpaired) electrons. The molecule has 2 aromatic rings. The highest BCUT2D eigenvalue weighted by Crippen LogP contribution is 2.12. The first-order valence-electron chi connectivity index (χ1n) is 5.89. The highest BCUT2D eigenvalue weighted by Gasteiger charge is 2.04. The van der Waals surface area contributed by atoms with E-state index < -0.39 is 0 Å². The summed E-state index contributed by atoms with van der Waals surface area (Å²) in [5.74, 6) is 0.499. The fraction of sp³-hybridized carbons (Fsp3) is 0.133. The Bertz CT molecular complexity index is 540. The second-order valence-corrected chi connectivity index (χ2v) is 3.94. The lowest BCUT2D eigenvalue weighted by atomic mass is 10.2. The van der Waals surface area contributed by atoms with Gasteiger partial charge in [0.15, 0.2) is 0 Å². The molecule has 1 N–H and O–H groups in total. The second kappa shape index (κ2) is 6.56. The van der Waals surface area contributed by atoms with Crippen molar-refractivity contribution < 1.29 is 14.4 Å². The molecule has 0 aliphatic heterocycles. The first-order chi connectivity index (χ1) is 9.29. The molecule has 0 bridgehead atoms. The van der Waals surface area contributed by atoms with Crippen molar-refractivity contribution in [3.05, 3.63) is 65.7 Å². The van der Waals surface area contributed by atoms with Gasteiger partial charge in [0, 0.05) is 5.56 Å². The molecule has 19 heavy (non-hydrogen) atoms. The Kier molecular flexibility index (Phi) is 4.53.